The largest absolute Gasteiger partial charge is 0.456 e. The van der Waals surface area contributed by atoms with E-state index in [2.05, 4.69) is 0 Å². The quantitative estimate of drug-likeness (QED) is 0.187. The second kappa shape index (κ2) is 9.29. The van der Waals surface area contributed by atoms with Crippen LogP contribution < -0.4 is 4.74 Å². The van der Waals surface area contributed by atoms with Crippen molar-refractivity contribution in [2.24, 2.45) is 0 Å². The van der Waals surface area contributed by atoms with E-state index >= 15 is 0 Å². The highest BCUT2D eigenvalue weighted by Crippen LogP contribution is 2.48. The second-order valence-corrected chi connectivity index (χ2v) is 10.7. The first-order valence-corrected chi connectivity index (χ1v) is 14.1. The van der Waals surface area contributed by atoms with Crippen molar-refractivity contribution in [1.82, 2.24) is 0 Å². The van der Waals surface area contributed by atoms with Gasteiger partial charge < -0.3 is 4.74 Å². The Morgan fingerprint density at radius 1 is 0.400 bits per heavy atom. The summed E-state index contributed by atoms with van der Waals surface area (Å²) in [4.78, 5) is 0. The molecule has 0 saturated carbocycles. The molecule has 0 atom stereocenters. The van der Waals surface area contributed by atoms with Gasteiger partial charge in [0.15, 0.2) is 0 Å². The number of rotatable bonds is 3. The van der Waals surface area contributed by atoms with E-state index in [4.69, 9.17) is 19.8 Å². The predicted molar refractivity (Wildman–Crippen MR) is 189 cm³/mol. The lowest BCUT2D eigenvalue weighted by Crippen LogP contribution is -1.97. The third-order valence-corrected chi connectivity index (χ3v) is 8.21. The fourth-order valence-electron chi connectivity index (χ4n) is 6.21. The van der Waals surface area contributed by atoms with Gasteiger partial charge in [-0.25, -0.2) is 0 Å². The average Bonchev–Trinajstić information content (AvgIpc) is 3.25. The van der Waals surface area contributed by atoms with Gasteiger partial charge in [-0.1, -0.05) is 121 Å². The molecule has 1 aliphatic rings. The number of hydrogen-bond donors (Lipinski definition) is 0. The van der Waals surface area contributed by atoms with E-state index in [1.54, 1.807) is 18.2 Å². The van der Waals surface area contributed by atoms with Crippen molar-refractivity contribution in [2.75, 3.05) is 0 Å². The molecule has 0 saturated heterocycles. The molecule has 0 aliphatic carbocycles. The summed E-state index contributed by atoms with van der Waals surface area (Å²) < 4.78 is 160. The molecule has 0 fully saturated rings. The fraction of sp³-hybridized carbons (Fsp3) is 0. The summed E-state index contributed by atoms with van der Waals surface area (Å²) >= 11 is 0. The normalized spacial score (nSPS) is 17.5. The Balaban J connectivity index is 1.42. The number of fused-ring (bicyclic) bond motifs is 2. The molecular weight excluding hydrogens is 544 g/mol. The zero-order valence-electron chi connectivity index (χ0n) is 40.1. The standard InChI is InChI=1S/C44H26O/c1-2-7-27(8-3-1)33-23-34(32-19-22-40-39(26-32)37-13-5-11-28-12-6-14-41(45-40)43(28)37)25-35(24-33)36-20-17-31-16-15-29-9-4-10-30-18-21-38(36)44(31)42(29)30/h1-26H/i1D,2D,3D,4D,7D,8D,9D,10D,15D,16D,17D,18D,20D,21D,23D,24D,25D. The summed E-state index contributed by atoms with van der Waals surface area (Å²) in [6.07, 6.45) is 0. The van der Waals surface area contributed by atoms with E-state index in [0.717, 1.165) is 16.3 Å². The van der Waals surface area contributed by atoms with Crippen molar-refractivity contribution in [3.05, 3.63) is 157 Å². The monoisotopic (exact) mass is 587 g/mol. The van der Waals surface area contributed by atoms with Gasteiger partial charge in [-0.15, -0.1) is 0 Å². The predicted octanol–water partition coefficient (Wildman–Crippen LogP) is 12.5. The van der Waals surface area contributed by atoms with Gasteiger partial charge in [0, 0.05) is 10.9 Å². The zero-order valence-corrected chi connectivity index (χ0v) is 23.1. The molecular formula is C44H26O. The fourth-order valence-corrected chi connectivity index (χ4v) is 6.21. The lowest BCUT2D eigenvalue weighted by atomic mass is 9.87. The molecule has 0 aromatic heterocycles. The van der Waals surface area contributed by atoms with Crippen LogP contribution in [0.3, 0.4) is 0 Å². The van der Waals surface area contributed by atoms with Crippen molar-refractivity contribution < 1.29 is 28.0 Å². The van der Waals surface area contributed by atoms with Crippen molar-refractivity contribution >= 4 is 43.1 Å². The highest BCUT2D eigenvalue weighted by molar-refractivity contribution is 6.25. The summed E-state index contributed by atoms with van der Waals surface area (Å²) in [7, 11) is 0. The minimum absolute atomic E-state index is 0.150. The lowest BCUT2D eigenvalue weighted by molar-refractivity contribution is 0.487. The van der Waals surface area contributed by atoms with E-state index in [1.807, 2.05) is 36.4 Å². The molecule has 1 heterocycles. The van der Waals surface area contributed by atoms with Crippen molar-refractivity contribution in [2.45, 2.75) is 0 Å². The summed E-state index contributed by atoms with van der Waals surface area (Å²) in [6.45, 7) is 0. The summed E-state index contributed by atoms with van der Waals surface area (Å²) in [5.74, 6) is 1.05. The Morgan fingerprint density at radius 2 is 1.11 bits per heavy atom. The van der Waals surface area contributed by atoms with E-state index in [1.165, 1.54) is 0 Å². The lowest BCUT2D eigenvalue weighted by Gasteiger charge is -2.22. The second-order valence-electron chi connectivity index (χ2n) is 10.7. The molecule has 1 aliphatic heterocycles. The van der Waals surface area contributed by atoms with Gasteiger partial charge in [0.2, 0.25) is 0 Å². The van der Waals surface area contributed by atoms with Crippen LogP contribution in [-0.2, 0) is 0 Å². The first-order chi connectivity index (χ1) is 29.4. The Morgan fingerprint density at radius 3 is 1.96 bits per heavy atom. The van der Waals surface area contributed by atoms with Crippen LogP contribution in [0.25, 0.3) is 87.6 Å². The Labute approximate surface area is 284 Å². The van der Waals surface area contributed by atoms with Gasteiger partial charge in [0.25, 0.3) is 0 Å². The van der Waals surface area contributed by atoms with Crippen LogP contribution in [0.2, 0.25) is 0 Å². The third-order valence-electron chi connectivity index (χ3n) is 8.21. The summed E-state index contributed by atoms with van der Waals surface area (Å²) in [6, 6.07) is 4.60. The zero-order chi connectivity index (χ0) is 44.3. The molecule has 208 valence electrons. The molecule has 1 heteroatoms. The Bertz CT molecular complexity index is 3520. The Hall–Kier alpha value is -5.92. The van der Waals surface area contributed by atoms with Gasteiger partial charge in [0.05, 0.1) is 23.3 Å². The number of ether oxygens (including phenoxy) is 1. The van der Waals surface area contributed by atoms with Crippen molar-refractivity contribution in [3.8, 4) is 56.0 Å². The topological polar surface area (TPSA) is 9.23 Å². The third kappa shape index (κ3) is 3.68. The van der Waals surface area contributed by atoms with Crippen molar-refractivity contribution in [3.63, 3.8) is 0 Å². The molecule has 0 unspecified atom stereocenters. The minimum atomic E-state index is -0.765. The molecule has 0 N–H and O–H groups in total. The van der Waals surface area contributed by atoms with Gasteiger partial charge in [-0.05, 0) is 113 Å². The van der Waals surface area contributed by atoms with Gasteiger partial charge in [0.1, 0.15) is 11.5 Å². The molecule has 0 amide bonds. The van der Waals surface area contributed by atoms with Crippen LogP contribution in [-0.4, -0.2) is 0 Å². The summed E-state index contributed by atoms with van der Waals surface area (Å²) in [5.41, 5.74) is -0.713. The van der Waals surface area contributed by atoms with E-state index in [9.17, 15) is 8.22 Å². The first-order valence-electron chi connectivity index (χ1n) is 22.6. The minimum Gasteiger partial charge on any atom is -0.456 e. The van der Waals surface area contributed by atoms with Crippen LogP contribution in [0.5, 0.6) is 11.5 Å². The van der Waals surface area contributed by atoms with Crippen LogP contribution in [0.1, 0.15) is 23.3 Å². The number of hydrogen-bond acceptors (Lipinski definition) is 1. The molecule has 0 radical (unpaired) electrons. The van der Waals surface area contributed by atoms with Crippen LogP contribution >= 0.6 is 0 Å². The van der Waals surface area contributed by atoms with E-state index < -0.39 is 125 Å². The van der Waals surface area contributed by atoms with Crippen LogP contribution in [0.15, 0.2) is 157 Å². The van der Waals surface area contributed by atoms with Crippen LogP contribution in [0, 0.1) is 0 Å². The van der Waals surface area contributed by atoms with E-state index in [0.29, 0.717) is 17.1 Å². The molecule has 9 aromatic carbocycles. The maximum absolute atomic E-state index is 9.88. The average molecular weight is 588 g/mol. The number of benzene rings is 9. The Kier molecular flexibility index (Phi) is 2.76. The summed E-state index contributed by atoms with van der Waals surface area (Å²) in [5, 5.41) is 0.0976. The molecule has 10 rings (SSSR count). The first kappa shape index (κ1) is 13.4. The maximum Gasteiger partial charge on any atom is 0.135 e. The highest BCUT2D eigenvalue weighted by Gasteiger charge is 2.21. The van der Waals surface area contributed by atoms with Gasteiger partial charge in [-0.3, -0.25) is 0 Å². The van der Waals surface area contributed by atoms with Gasteiger partial charge in [-0.2, -0.15) is 0 Å². The van der Waals surface area contributed by atoms with Crippen LogP contribution in [0.4, 0.5) is 0 Å². The molecule has 0 bridgehead atoms. The van der Waals surface area contributed by atoms with Gasteiger partial charge >= 0.3 is 0 Å². The highest BCUT2D eigenvalue weighted by atomic mass is 16.5. The molecule has 9 aromatic rings. The smallest absolute Gasteiger partial charge is 0.135 e. The molecule has 1 nitrogen and oxygen atoms in total. The molecule has 0 spiro atoms. The SMILES string of the molecule is [2H]c1c([2H])c([2H])c(-c2c([2H])c(-c3ccc4c(c3)-c3cccc5cccc(c35)O4)c([2H])c(-c3c([2H])c([2H])c4c([2H])c([2H])c5c([2H])c([2H])c([2H])c6c([2H])c([2H])c3c4c56)c2[2H])c([2H])c1[2H]. The maximum atomic E-state index is 9.88. The van der Waals surface area contributed by atoms with E-state index in [-0.39, 0.29) is 43.4 Å². The molecule has 45 heavy (non-hydrogen) atoms. The van der Waals surface area contributed by atoms with Crippen molar-refractivity contribution in [1.29, 1.82) is 0 Å².